The molecule has 0 aliphatic heterocycles. The van der Waals surface area contributed by atoms with E-state index in [1.54, 1.807) is 0 Å². The molecule has 4 nitrogen and oxygen atoms in total. The number of benzene rings is 3. The van der Waals surface area contributed by atoms with E-state index >= 15 is 0 Å². The lowest BCUT2D eigenvalue weighted by molar-refractivity contribution is 0.393. The summed E-state index contributed by atoms with van der Waals surface area (Å²) in [6.07, 6.45) is 0.966. The molecule has 1 N–H and O–H groups in total. The highest BCUT2D eigenvalue weighted by atomic mass is 32.2. The van der Waals surface area contributed by atoms with Crippen LogP contribution in [0.15, 0.2) is 93.0 Å². The van der Waals surface area contributed by atoms with Crippen LogP contribution in [-0.2, 0) is 18.6 Å². The fraction of sp³-hybridized carbons (Fsp3) is 0.115. The summed E-state index contributed by atoms with van der Waals surface area (Å²) in [6, 6.07) is 25.4. The Labute approximate surface area is 184 Å². The van der Waals surface area contributed by atoms with Crippen molar-refractivity contribution < 1.29 is 14.3 Å². The van der Waals surface area contributed by atoms with Crippen LogP contribution in [0.25, 0.3) is 0 Å². The summed E-state index contributed by atoms with van der Waals surface area (Å²) >= 11 is 1.31. The highest BCUT2D eigenvalue weighted by Crippen LogP contribution is 2.38. The van der Waals surface area contributed by atoms with Gasteiger partial charge in [-0.3, -0.25) is 0 Å². The summed E-state index contributed by atoms with van der Waals surface area (Å²) in [5.41, 5.74) is 3.42. The Morgan fingerprint density at radius 1 is 0.871 bits per heavy atom. The molecule has 0 saturated heterocycles. The first-order valence-electron chi connectivity index (χ1n) is 10.1. The number of hydrogen-bond acceptors (Lipinski definition) is 5. The zero-order valence-corrected chi connectivity index (χ0v) is 17.5. The van der Waals surface area contributed by atoms with E-state index < -0.39 is 5.63 Å². The van der Waals surface area contributed by atoms with Crippen LogP contribution in [0.1, 0.15) is 28.0 Å². The lowest BCUT2D eigenvalue weighted by Crippen LogP contribution is -2.14. The van der Waals surface area contributed by atoms with Crippen LogP contribution in [0.2, 0.25) is 0 Å². The van der Waals surface area contributed by atoms with Gasteiger partial charge in [-0.2, -0.15) is 0 Å². The monoisotopic (exact) mass is 428 g/mol. The third-order valence-corrected chi connectivity index (χ3v) is 6.47. The molecule has 5 rings (SSSR count). The second kappa shape index (κ2) is 8.36. The molecule has 0 atom stereocenters. The SMILES string of the molecule is O=c1oc2c(c(O)c1SCc1ccccc1)Cc1ccc(Oc3ccccc3)cc1C2. The molecular weight excluding hydrogens is 408 g/mol. The summed E-state index contributed by atoms with van der Waals surface area (Å²) in [4.78, 5) is 12.9. The standard InChI is InChI=1S/C26H20O4S/c27-24-22-14-18-11-12-21(29-20-9-5-2-6-10-20)13-19(18)15-23(22)30-26(28)25(24)31-16-17-7-3-1-4-8-17/h1-13,27H,14-16H2. The van der Waals surface area contributed by atoms with Gasteiger partial charge in [0.25, 0.3) is 0 Å². The number of thioether (sulfide) groups is 1. The maximum atomic E-state index is 12.6. The van der Waals surface area contributed by atoms with Gasteiger partial charge < -0.3 is 14.3 Å². The molecule has 0 radical (unpaired) electrons. The summed E-state index contributed by atoms with van der Waals surface area (Å²) in [5.74, 6) is 2.66. The largest absolute Gasteiger partial charge is 0.506 e. The molecule has 0 unspecified atom stereocenters. The Morgan fingerprint density at radius 2 is 1.61 bits per heavy atom. The van der Waals surface area contributed by atoms with E-state index in [1.807, 2.05) is 78.9 Å². The van der Waals surface area contributed by atoms with Crippen LogP contribution in [0.5, 0.6) is 17.2 Å². The highest BCUT2D eigenvalue weighted by molar-refractivity contribution is 7.98. The maximum Gasteiger partial charge on any atom is 0.353 e. The average Bonchev–Trinajstić information content (AvgIpc) is 2.79. The first kappa shape index (κ1) is 19.5. The van der Waals surface area contributed by atoms with Gasteiger partial charge in [-0.05, 0) is 41.0 Å². The summed E-state index contributed by atoms with van der Waals surface area (Å²) in [7, 11) is 0. The van der Waals surface area contributed by atoms with Gasteiger partial charge in [-0.25, -0.2) is 4.79 Å². The van der Waals surface area contributed by atoms with E-state index in [9.17, 15) is 9.90 Å². The lowest BCUT2D eigenvalue weighted by Gasteiger charge is -2.21. The minimum absolute atomic E-state index is 0.0439. The van der Waals surface area contributed by atoms with Crippen LogP contribution in [0, 0.1) is 0 Å². The quantitative estimate of drug-likeness (QED) is 0.352. The Bertz CT molecular complexity index is 1280. The molecule has 0 fully saturated rings. The molecule has 1 aliphatic rings. The van der Waals surface area contributed by atoms with Gasteiger partial charge in [0.05, 0.1) is 0 Å². The van der Waals surface area contributed by atoms with E-state index in [1.165, 1.54) is 11.8 Å². The zero-order chi connectivity index (χ0) is 21.2. The second-order valence-corrected chi connectivity index (χ2v) is 8.43. The summed E-state index contributed by atoms with van der Waals surface area (Å²) < 4.78 is 11.6. The van der Waals surface area contributed by atoms with Crippen LogP contribution in [0.3, 0.4) is 0 Å². The van der Waals surface area contributed by atoms with Crippen molar-refractivity contribution in [1.82, 2.24) is 0 Å². The van der Waals surface area contributed by atoms with E-state index in [0.717, 1.165) is 28.2 Å². The zero-order valence-electron chi connectivity index (χ0n) is 16.7. The number of hydrogen-bond donors (Lipinski definition) is 1. The predicted molar refractivity (Wildman–Crippen MR) is 121 cm³/mol. The summed E-state index contributed by atoms with van der Waals surface area (Å²) in [5, 5.41) is 10.9. The van der Waals surface area contributed by atoms with Crippen molar-refractivity contribution in [2.45, 2.75) is 23.5 Å². The van der Waals surface area contributed by atoms with Crippen molar-refractivity contribution in [3.05, 3.63) is 117 Å². The number of aromatic hydroxyl groups is 1. The van der Waals surface area contributed by atoms with Crippen LogP contribution in [0.4, 0.5) is 0 Å². The Balaban J connectivity index is 1.40. The van der Waals surface area contributed by atoms with Gasteiger partial charge in [0.15, 0.2) is 0 Å². The van der Waals surface area contributed by atoms with Crippen LogP contribution >= 0.6 is 11.8 Å². The van der Waals surface area contributed by atoms with Crippen molar-refractivity contribution in [3.63, 3.8) is 0 Å². The minimum atomic E-state index is -0.489. The fourth-order valence-corrected chi connectivity index (χ4v) is 4.68. The predicted octanol–water partition coefficient (Wildman–Crippen LogP) is 5.93. The van der Waals surface area contributed by atoms with Crippen molar-refractivity contribution in [2.75, 3.05) is 0 Å². The molecular formula is C26H20O4S. The number of rotatable bonds is 5. The molecule has 1 aliphatic carbocycles. The average molecular weight is 429 g/mol. The van der Waals surface area contributed by atoms with Crippen molar-refractivity contribution >= 4 is 11.8 Å². The normalized spacial score (nSPS) is 12.1. The number of para-hydroxylation sites is 1. The van der Waals surface area contributed by atoms with E-state index in [2.05, 4.69) is 0 Å². The molecule has 154 valence electrons. The van der Waals surface area contributed by atoms with Gasteiger partial charge in [0.2, 0.25) is 0 Å². The molecule has 5 heteroatoms. The Hall–Kier alpha value is -3.44. The van der Waals surface area contributed by atoms with Crippen LogP contribution < -0.4 is 10.4 Å². The van der Waals surface area contributed by atoms with Crippen molar-refractivity contribution in [1.29, 1.82) is 0 Å². The molecule has 3 aromatic carbocycles. The van der Waals surface area contributed by atoms with Crippen molar-refractivity contribution in [2.24, 2.45) is 0 Å². The molecule has 0 saturated carbocycles. The Kier molecular flexibility index (Phi) is 5.26. The Morgan fingerprint density at radius 3 is 2.39 bits per heavy atom. The van der Waals surface area contributed by atoms with Crippen molar-refractivity contribution in [3.8, 4) is 17.2 Å². The topological polar surface area (TPSA) is 59.7 Å². The molecule has 1 aromatic heterocycles. The molecule has 31 heavy (non-hydrogen) atoms. The summed E-state index contributed by atoms with van der Waals surface area (Å²) in [6.45, 7) is 0. The van der Waals surface area contributed by atoms with Gasteiger partial charge in [0.1, 0.15) is 27.9 Å². The van der Waals surface area contributed by atoms with E-state index in [0.29, 0.717) is 29.9 Å². The lowest BCUT2D eigenvalue weighted by atomic mass is 9.89. The third-order valence-electron chi connectivity index (χ3n) is 5.34. The first-order valence-corrected chi connectivity index (χ1v) is 11.0. The third kappa shape index (κ3) is 4.09. The maximum absolute atomic E-state index is 12.6. The molecule has 0 bridgehead atoms. The minimum Gasteiger partial charge on any atom is -0.506 e. The van der Waals surface area contributed by atoms with Gasteiger partial charge in [0, 0.05) is 24.2 Å². The number of fused-ring (bicyclic) bond motifs is 2. The van der Waals surface area contributed by atoms with Gasteiger partial charge in [-0.15, -0.1) is 11.8 Å². The van der Waals surface area contributed by atoms with E-state index in [-0.39, 0.29) is 10.6 Å². The smallest absolute Gasteiger partial charge is 0.353 e. The van der Waals surface area contributed by atoms with Gasteiger partial charge >= 0.3 is 5.63 Å². The molecule has 4 aromatic rings. The van der Waals surface area contributed by atoms with E-state index in [4.69, 9.17) is 9.15 Å². The van der Waals surface area contributed by atoms with Gasteiger partial charge in [-0.1, -0.05) is 54.6 Å². The molecule has 0 amide bonds. The first-order chi connectivity index (χ1) is 15.2. The second-order valence-electron chi connectivity index (χ2n) is 7.44. The fourth-order valence-electron chi connectivity index (χ4n) is 3.76. The molecule has 0 spiro atoms. The molecule has 1 heterocycles. The van der Waals surface area contributed by atoms with Crippen LogP contribution in [-0.4, -0.2) is 5.11 Å². The number of ether oxygens (including phenoxy) is 1. The highest BCUT2D eigenvalue weighted by Gasteiger charge is 2.25.